The quantitative estimate of drug-likeness (QED) is 0.534. The van der Waals surface area contributed by atoms with Crippen molar-refractivity contribution in [2.24, 2.45) is 7.05 Å². The Balaban J connectivity index is 1.86. The lowest BCUT2D eigenvalue weighted by Gasteiger charge is -2.11. The molecule has 0 aliphatic heterocycles. The fourth-order valence-electron chi connectivity index (χ4n) is 2.85. The first-order chi connectivity index (χ1) is 11.3. The number of nitrogens with one attached hydrogen (secondary N) is 2. The van der Waals surface area contributed by atoms with Crippen LogP contribution in [0.25, 0.3) is 22.2 Å². The second-order valence-electron chi connectivity index (χ2n) is 5.25. The molecule has 2 aromatic heterocycles. The summed E-state index contributed by atoms with van der Waals surface area (Å²) in [6.07, 6.45) is 1.79. The third-order valence-electron chi connectivity index (χ3n) is 3.88. The van der Waals surface area contributed by atoms with Crippen LogP contribution in [0.15, 0.2) is 66.2 Å². The van der Waals surface area contributed by atoms with Crippen molar-refractivity contribution in [1.82, 2.24) is 9.55 Å². The number of aryl methyl sites for hydroxylation is 1. The predicted octanol–water partition coefficient (Wildman–Crippen LogP) is 4.74. The third kappa shape index (κ3) is 2.45. The Morgan fingerprint density at radius 2 is 1.74 bits per heavy atom. The molecule has 4 aromatic rings. The van der Waals surface area contributed by atoms with Crippen molar-refractivity contribution in [3.8, 4) is 11.3 Å². The Bertz CT molecular complexity index is 926. The van der Waals surface area contributed by atoms with Crippen molar-refractivity contribution >= 4 is 33.1 Å². The fourth-order valence-corrected chi connectivity index (χ4v) is 3.34. The van der Waals surface area contributed by atoms with Gasteiger partial charge in [-0.1, -0.05) is 48.5 Å². The van der Waals surface area contributed by atoms with Gasteiger partial charge in [-0.25, -0.2) is 4.98 Å². The molecule has 2 aromatic carbocycles. The van der Waals surface area contributed by atoms with Gasteiger partial charge in [0.25, 0.3) is 0 Å². The summed E-state index contributed by atoms with van der Waals surface area (Å²) in [4.78, 5) is 4.26. The van der Waals surface area contributed by atoms with E-state index in [-0.39, 0.29) is 0 Å². The molecular weight excluding hydrogens is 304 g/mol. The summed E-state index contributed by atoms with van der Waals surface area (Å²) in [6, 6.07) is 18.8. The number of hydrazine groups is 1. The Morgan fingerprint density at radius 1 is 0.957 bits per heavy atom. The average molecular weight is 320 g/mol. The normalized spacial score (nSPS) is 10.8. The highest BCUT2D eigenvalue weighted by atomic mass is 32.1. The van der Waals surface area contributed by atoms with Crippen LogP contribution in [0.1, 0.15) is 0 Å². The number of aromatic nitrogens is 2. The Kier molecular flexibility index (Phi) is 3.48. The number of nitrogens with zero attached hydrogens (tertiary/aromatic N) is 2. The first-order valence-corrected chi connectivity index (χ1v) is 8.27. The Labute approximate surface area is 138 Å². The lowest BCUT2D eigenvalue weighted by Crippen LogP contribution is -2.09. The summed E-state index contributed by atoms with van der Waals surface area (Å²) in [5.41, 5.74) is 11.1. The molecular formula is C18H16N4S. The van der Waals surface area contributed by atoms with E-state index in [9.17, 15) is 0 Å². The van der Waals surface area contributed by atoms with E-state index in [2.05, 4.69) is 76.0 Å². The number of rotatable bonds is 4. The highest BCUT2D eigenvalue weighted by Gasteiger charge is 2.16. The van der Waals surface area contributed by atoms with Gasteiger partial charge in [0, 0.05) is 29.6 Å². The maximum absolute atomic E-state index is 4.26. The molecule has 23 heavy (non-hydrogen) atoms. The van der Waals surface area contributed by atoms with Crippen molar-refractivity contribution in [3.05, 3.63) is 66.2 Å². The SMILES string of the molecule is Cn1c(-c2ccccc2)c(NNc2nccs2)c2ccccc21. The summed E-state index contributed by atoms with van der Waals surface area (Å²) in [5.74, 6) is 0. The number of para-hydroxylation sites is 1. The van der Waals surface area contributed by atoms with Gasteiger partial charge < -0.3 is 4.57 Å². The minimum Gasteiger partial charge on any atom is -0.342 e. The van der Waals surface area contributed by atoms with Crippen molar-refractivity contribution in [1.29, 1.82) is 0 Å². The van der Waals surface area contributed by atoms with Gasteiger partial charge in [0.15, 0.2) is 0 Å². The van der Waals surface area contributed by atoms with Crippen LogP contribution in [0, 0.1) is 0 Å². The first kappa shape index (κ1) is 13.8. The standard InChI is InChI=1S/C18H16N4S/c1-22-15-10-6-5-9-14(15)16(20-21-18-19-11-12-23-18)17(22)13-7-3-2-4-8-13/h2-12,20H,1H3,(H,19,21). The number of anilines is 2. The Morgan fingerprint density at radius 3 is 2.52 bits per heavy atom. The monoisotopic (exact) mass is 320 g/mol. The smallest absolute Gasteiger partial charge is 0.201 e. The molecule has 0 unspecified atom stereocenters. The van der Waals surface area contributed by atoms with Gasteiger partial charge in [0.05, 0.1) is 16.9 Å². The number of hydrogen-bond acceptors (Lipinski definition) is 4. The topological polar surface area (TPSA) is 41.9 Å². The molecule has 5 heteroatoms. The van der Waals surface area contributed by atoms with Crippen LogP contribution < -0.4 is 10.9 Å². The predicted molar refractivity (Wildman–Crippen MR) is 97.7 cm³/mol. The maximum atomic E-state index is 4.26. The molecule has 0 aliphatic carbocycles. The van der Waals surface area contributed by atoms with Gasteiger partial charge >= 0.3 is 0 Å². The highest BCUT2D eigenvalue weighted by Crippen LogP contribution is 2.37. The summed E-state index contributed by atoms with van der Waals surface area (Å²) < 4.78 is 2.22. The van der Waals surface area contributed by atoms with E-state index in [1.165, 1.54) is 16.5 Å². The second-order valence-corrected chi connectivity index (χ2v) is 6.15. The first-order valence-electron chi connectivity index (χ1n) is 7.39. The molecule has 114 valence electrons. The molecule has 4 nitrogen and oxygen atoms in total. The van der Waals surface area contributed by atoms with Crippen LogP contribution in [-0.2, 0) is 7.05 Å². The van der Waals surface area contributed by atoms with Crippen LogP contribution in [0.3, 0.4) is 0 Å². The second kappa shape index (κ2) is 5.78. The van der Waals surface area contributed by atoms with E-state index in [1.807, 2.05) is 11.4 Å². The molecule has 4 rings (SSSR count). The van der Waals surface area contributed by atoms with Gasteiger partial charge in [0.2, 0.25) is 5.13 Å². The minimum absolute atomic E-state index is 0.844. The number of benzene rings is 2. The molecule has 2 N–H and O–H groups in total. The molecule has 0 saturated carbocycles. The lowest BCUT2D eigenvalue weighted by molar-refractivity contribution is 0.978. The van der Waals surface area contributed by atoms with Gasteiger partial charge in [-0.3, -0.25) is 10.9 Å². The summed E-state index contributed by atoms with van der Waals surface area (Å²) in [6.45, 7) is 0. The minimum atomic E-state index is 0.844. The highest BCUT2D eigenvalue weighted by molar-refractivity contribution is 7.13. The number of hydrogen-bond donors (Lipinski definition) is 2. The zero-order valence-corrected chi connectivity index (χ0v) is 13.5. The van der Waals surface area contributed by atoms with Crippen LogP contribution in [0.5, 0.6) is 0 Å². The summed E-state index contributed by atoms with van der Waals surface area (Å²) in [7, 11) is 2.10. The van der Waals surface area contributed by atoms with E-state index in [4.69, 9.17) is 0 Å². The van der Waals surface area contributed by atoms with Crippen molar-refractivity contribution < 1.29 is 0 Å². The molecule has 2 heterocycles. The van der Waals surface area contributed by atoms with Gasteiger partial charge in [-0.15, -0.1) is 11.3 Å². The van der Waals surface area contributed by atoms with Gasteiger partial charge in [-0.2, -0.15) is 0 Å². The van der Waals surface area contributed by atoms with Crippen LogP contribution in [0.2, 0.25) is 0 Å². The molecule has 0 atom stereocenters. The summed E-state index contributed by atoms with van der Waals surface area (Å²) >= 11 is 1.56. The van der Waals surface area contributed by atoms with E-state index < -0.39 is 0 Å². The lowest BCUT2D eigenvalue weighted by atomic mass is 10.1. The van der Waals surface area contributed by atoms with E-state index in [1.54, 1.807) is 17.5 Å². The van der Waals surface area contributed by atoms with E-state index >= 15 is 0 Å². The van der Waals surface area contributed by atoms with Gasteiger partial charge in [0.1, 0.15) is 0 Å². The van der Waals surface area contributed by atoms with Crippen molar-refractivity contribution in [2.75, 3.05) is 10.9 Å². The number of fused-ring (bicyclic) bond motifs is 1. The van der Waals surface area contributed by atoms with Gasteiger partial charge in [-0.05, 0) is 6.07 Å². The maximum Gasteiger partial charge on any atom is 0.201 e. The molecule has 0 saturated heterocycles. The fraction of sp³-hybridized carbons (Fsp3) is 0.0556. The zero-order chi connectivity index (χ0) is 15.6. The zero-order valence-electron chi connectivity index (χ0n) is 12.7. The molecule has 0 fully saturated rings. The third-order valence-corrected chi connectivity index (χ3v) is 4.57. The number of thiazole rings is 1. The Hall–Kier alpha value is -2.79. The largest absolute Gasteiger partial charge is 0.342 e. The molecule has 0 aliphatic rings. The average Bonchev–Trinajstić information content (AvgIpc) is 3.21. The summed E-state index contributed by atoms with van der Waals surface area (Å²) in [5, 5.41) is 3.97. The molecule has 0 radical (unpaired) electrons. The van der Waals surface area contributed by atoms with E-state index in [0.29, 0.717) is 0 Å². The van der Waals surface area contributed by atoms with E-state index in [0.717, 1.165) is 16.5 Å². The van der Waals surface area contributed by atoms with Crippen LogP contribution in [0.4, 0.5) is 10.8 Å². The van der Waals surface area contributed by atoms with Crippen LogP contribution >= 0.6 is 11.3 Å². The molecule has 0 bridgehead atoms. The molecule has 0 spiro atoms. The van der Waals surface area contributed by atoms with Crippen molar-refractivity contribution in [3.63, 3.8) is 0 Å². The van der Waals surface area contributed by atoms with Crippen LogP contribution in [-0.4, -0.2) is 9.55 Å². The molecule has 0 amide bonds. The van der Waals surface area contributed by atoms with Crippen molar-refractivity contribution in [2.45, 2.75) is 0 Å².